The van der Waals surface area contributed by atoms with Gasteiger partial charge in [0.15, 0.2) is 9.84 Å². The highest BCUT2D eigenvalue weighted by Gasteiger charge is 2.11. The summed E-state index contributed by atoms with van der Waals surface area (Å²) in [6.45, 7) is 0. The first-order chi connectivity index (χ1) is 8.06. The Morgan fingerprint density at radius 3 is 2.65 bits per heavy atom. The van der Waals surface area contributed by atoms with Crippen LogP contribution in [0.1, 0.15) is 5.56 Å². The van der Waals surface area contributed by atoms with Crippen LogP contribution in [0.3, 0.4) is 0 Å². The predicted octanol–water partition coefficient (Wildman–Crippen LogP) is 1.85. The second kappa shape index (κ2) is 4.63. The molecule has 2 rings (SSSR count). The maximum absolute atomic E-state index is 11.2. The number of nitrogens with zero attached hydrogens (tertiary/aromatic N) is 2. The molecule has 0 fully saturated rings. The molecular formula is C12H11N2O2S. The van der Waals surface area contributed by atoms with Crippen molar-refractivity contribution in [2.75, 3.05) is 0 Å². The van der Waals surface area contributed by atoms with Gasteiger partial charge in [0.1, 0.15) is 0 Å². The SMILES string of the molecule is [CH2]S(=O)(=O)Cc1cnccc1-c1ccccn1. The van der Waals surface area contributed by atoms with Crippen LogP contribution in [0.5, 0.6) is 0 Å². The molecule has 0 saturated carbocycles. The maximum Gasteiger partial charge on any atom is 0.155 e. The Kier molecular flexibility index (Phi) is 3.19. The van der Waals surface area contributed by atoms with Crippen LogP contribution < -0.4 is 0 Å². The van der Waals surface area contributed by atoms with Gasteiger partial charge in [-0.15, -0.1) is 0 Å². The molecule has 0 spiro atoms. The quantitative estimate of drug-likeness (QED) is 0.830. The average molecular weight is 247 g/mol. The van der Waals surface area contributed by atoms with Gasteiger partial charge in [-0.3, -0.25) is 9.97 Å². The van der Waals surface area contributed by atoms with Crippen LogP contribution in [-0.4, -0.2) is 18.4 Å². The third-order valence-electron chi connectivity index (χ3n) is 2.22. The van der Waals surface area contributed by atoms with Gasteiger partial charge in [-0.2, -0.15) is 0 Å². The Hall–Kier alpha value is -1.75. The van der Waals surface area contributed by atoms with Crippen molar-refractivity contribution >= 4 is 9.84 Å². The van der Waals surface area contributed by atoms with Crippen LogP contribution in [0.2, 0.25) is 0 Å². The second-order valence-corrected chi connectivity index (χ2v) is 5.41. The third kappa shape index (κ3) is 3.10. The van der Waals surface area contributed by atoms with E-state index in [1.54, 1.807) is 18.5 Å². The first-order valence-corrected chi connectivity index (χ1v) is 6.78. The number of sulfone groups is 1. The van der Waals surface area contributed by atoms with E-state index < -0.39 is 9.84 Å². The monoisotopic (exact) mass is 247 g/mol. The molecule has 2 aromatic rings. The van der Waals surface area contributed by atoms with Gasteiger partial charge >= 0.3 is 0 Å². The zero-order valence-corrected chi connectivity index (χ0v) is 9.89. The standard InChI is InChI=1S/C12H11N2O2S/c1-17(15,16)9-10-8-13-7-5-11(10)12-4-2-3-6-14-12/h2-8H,1,9H2. The van der Waals surface area contributed by atoms with Crippen LogP contribution in [0.15, 0.2) is 42.9 Å². The van der Waals surface area contributed by atoms with E-state index >= 15 is 0 Å². The van der Waals surface area contributed by atoms with Gasteiger partial charge in [0.05, 0.1) is 17.7 Å². The topological polar surface area (TPSA) is 59.9 Å². The summed E-state index contributed by atoms with van der Waals surface area (Å²) < 4.78 is 22.4. The van der Waals surface area contributed by atoms with Crippen molar-refractivity contribution in [3.63, 3.8) is 0 Å². The van der Waals surface area contributed by atoms with E-state index in [2.05, 4.69) is 16.2 Å². The second-order valence-electron chi connectivity index (χ2n) is 3.64. The molecule has 0 aliphatic carbocycles. The fourth-order valence-electron chi connectivity index (χ4n) is 1.55. The highest BCUT2D eigenvalue weighted by molar-refractivity contribution is 7.91. The van der Waals surface area contributed by atoms with Crippen molar-refractivity contribution in [1.82, 2.24) is 9.97 Å². The van der Waals surface area contributed by atoms with Crippen molar-refractivity contribution < 1.29 is 8.42 Å². The minimum atomic E-state index is -3.33. The first kappa shape index (κ1) is 11.7. The summed E-state index contributed by atoms with van der Waals surface area (Å²) in [6, 6.07) is 7.24. The minimum absolute atomic E-state index is 0.132. The van der Waals surface area contributed by atoms with E-state index in [0.29, 0.717) is 5.56 Å². The highest BCUT2D eigenvalue weighted by Crippen LogP contribution is 2.22. The molecule has 0 bridgehead atoms. The van der Waals surface area contributed by atoms with Crippen LogP contribution in [0.25, 0.3) is 11.3 Å². The molecule has 17 heavy (non-hydrogen) atoms. The van der Waals surface area contributed by atoms with Gasteiger partial charge in [-0.1, -0.05) is 6.07 Å². The molecule has 4 nitrogen and oxygen atoms in total. The molecule has 0 aliphatic heterocycles. The van der Waals surface area contributed by atoms with Gasteiger partial charge < -0.3 is 0 Å². The first-order valence-electron chi connectivity index (χ1n) is 4.96. The van der Waals surface area contributed by atoms with E-state index in [0.717, 1.165) is 11.3 Å². The number of aromatic nitrogens is 2. The Morgan fingerprint density at radius 1 is 1.18 bits per heavy atom. The summed E-state index contributed by atoms with van der Waals surface area (Å²) in [6.07, 6.45) is 7.94. The van der Waals surface area contributed by atoms with E-state index in [1.165, 1.54) is 6.20 Å². The Bertz CT molecular complexity index is 609. The van der Waals surface area contributed by atoms with E-state index in [-0.39, 0.29) is 5.75 Å². The lowest BCUT2D eigenvalue weighted by Crippen LogP contribution is -2.01. The highest BCUT2D eigenvalue weighted by atomic mass is 32.2. The van der Waals surface area contributed by atoms with E-state index in [4.69, 9.17) is 0 Å². The molecule has 0 saturated heterocycles. The Morgan fingerprint density at radius 2 is 2.00 bits per heavy atom. The average Bonchev–Trinajstić information content (AvgIpc) is 2.29. The van der Waals surface area contributed by atoms with Gasteiger partial charge in [-0.25, -0.2) is 8.42 Å². The molecule has 0 amide bonds. The lowest BCUT2D eigenvalue weighted by atomic mass is 10.1. The number of pyridine rings is 2. The van der Waals surface area contributed by atoms with Gasteiger partial charge in [0.2, 0.25) is 0 Å². The van der Waals surface area contributed by atoms with E-state index in [9.17, 15) is 8.42 Å². The van der Waals surface area contributed by atoms with Crippen LogP contribution >= 0.6 is 0 Å². The van der Waals surface area contributed by atoms with E-state index in [1.807, 2.05) is 18.2 Å². The van der Waals surface area contributed by atoms with Gasteiger partial charge in [0, 0.05) is 24.2 Å². The molecule has 0 unspecified atom stereocenters. The molecular weight excluding hydrogens is 236 g/mol. The minimum Gasteiger partial charge on any atom is -0.264 e. The van der Waals surface area contributed by atoms with Crippen molar-refractivity contribution in [3.8, 4) is 11.3 Å². The number of hydrogen-bond donors (Lipinski definition) is 0. The third-order valence-corrected chi connectivity index (χ3v) is 2.97. The fraction of sp³-hybridized carbons (Fsp3) is 0.0833. The molecule has 0 atom stereocenters. The molecule has 2 aromatic heterocycles. The summed E-state index contributed by atoms with van der Waals surface area (Å²) in [7, 11) is -3.33. The molecule has 5 heteroatoms. The number of hydrogen-bond acceptors (Lipinski definition) is 4. The van der Waals surface area contributed by atoms with Crippen molar-refractivity contribution in [2.45, 2.75) is 5.75 Å². The van der Waals surface area contributed by atoms with Gasteiger partial charge in [0.25, 0.3) is 0 Å². The Labute approximate surface area is 100 Å². The van der Waals surface area contributed by atoms with Crippen molar-refractivity contribution in [3.05, 3.63) is 54.7 Å². The molecule has 2 heterocycles. The summed E-state index contributed by atoms with van der Waals surface area (Å²) in [5.41, 5.74) is 2.11. The van der Waals surface area contributed by atoms with Crippen molar-refractivity contribution in [1.29, 1.82) is 0 Å². The predicted molar refractivity (Wildman–Crippen MR) is 65.4 cm³/mol. The smallest absolute Gasteiger partial charge is 0.155 e. The summed E-state index contributed by atoms with van der Waals surface area (Å²) in [5, 5.41) is 0. The fourth-order valence-corrected chi connectivity index (χ4v) is 2.25. The van der Waals surface area contributed by atoms with Gasteiger partial charge in [-0.05, 0) is 23.8 Å². The molecule has 0 aromatic carbocycles. The summed E-state index contributed by atoms with van der Waals surface area (Å²) in [5.74, 6) is -0.132. The Balaban J connectivity index is 2.49. The maximum atomic E-state index is 11.2. The summed E-state index contributed by atoms with van der Waals surface area (Å²) >= 11 is 0. The summed E-state index contributed by atoms with van der Waals surface area (Å²) in [4.78, 5) is 8.13. The zero-order valence-electron chi connectivity index (χ0n) is 9.07. The normalized spacial score (nSPS) is 11.4. The van der Waals surface area contributed by atoms with Crippen LogP contribution in [0.4, 0.5) is 0 Å². The zero-order chi connectivity index (χ0) is 12.3. The molecule has 87 valence electrons. The van der Waals surface area contributed by atoms with Crippen LogP contribution in [0, 0.1) is 6.26 Å². The lowest BCUT2D eigenvalue weighted by Gasteiger charge is -2.06. The molecule has 1 radical (unpaired) electrons. The van der Waals surface area contributed by atoms with Crippen LogP contribution in [-0.2, 0) is 15.6 Å². The number of rotatable bonds is 3. The van der Waals surface area contributed by atoms with Crippen molar-refractivity contribution in [2.24, 2.45) is 0 Å². The largest absolute Gasteiger partial charge is 0.264 e. The molecule has 0 aliphatic rings. The molecule has 0 N–H and O–H groups in total. The lowest BCUT2D eigenvalue weighted by molar-refractivity contribution is 0.603.